The van der Waals surface area contributed by atoms with E-state index < -0.39 is 0 Å². The molecule has 0 radical (unpaired) electrons. The maximum absolute atomic E-state index is 12.9. The molecular formula is C22H24ClN3O4. The van der Waals surface area contributed by atoms with Gasteiger partial charge >= 0.3 is 6.03 Å². The number of hydrogen-bond donors (Lipinski definition) is 2. The van der Waals surface area contributed by atoms with E-state index in [9.17, 15) is 9.59 Å². The van der Waals surface area contributed by atoms with Crippen LogP contribution in [0.25, 0.3) is 0 Å². The van der Waals surface area contributed by atoms with Crippen LogP contribution in [0.1, 0.15) is 19.3 Å². The summed E-state index contributed by atoms with van der Waals surface area (Å²) in [4.78, 5) is 27.1. The molecular weight excluding hydrogens is 406 g/mol. The van der Waals surface area contributed by atoms with Gasteiger partial charge in [-0.05, 0) is 25.0 Å². The van der Waals surface area contributed by atoms with Crippen LogP contribution in [0.3, 0.4) is 0 Å². The Hall–Kier alpha value is -2.93. The van der Waals surface area contributed by atoms with Crippen molar-refractivity contribution in [3.05, 3.63) is 47.5 Å². The average molecular weight is 430 g/mol. The second kappa shape index (κ2) is 9.26. The van der Waals surface area contributed by atoms with Gasteiger partial charge in [-0.1, -0.05) is 29.8 Å². The SMILES string of the molecule is O=C(Nc1cc2c(cc1Cl)OCCCO2)[C@@H]1CCCN(C(=O)Nc2ccccc2)C1. The van der Waals surface area contributed by atoms with Gasteiger partial charge < -0.3 is 25.0 Å². The molecule has 0 aromatic heterocycles. The number of ether oxygens (including phenoxy) is 2. The highest BCUT2D eigenvalue weighted by molar-refractivity contribution is 6.34. The minimum atomic E-state index is -0.313. The molecule has 8 heteroatoms. The van der Waals surface area contributed by atoms with Crippen LogP contribution in [0.5, 0.6) is 11.5 Å². The summed E-state index contributed by atoms with van der Waals surface area (Å²) in [5.74, 6) is 0.674. The molecule has 0 spiro atoms. The highest BCUT2D eigenvalue weighted by atomic mass is 35.5. The Balaban J connectivity index is 1.40. The van der Waals surface area contributed by atoms with E-state index in [2.05, 4.69) is 10.6 Å². The lowest BCUT2D eigenvalue weighted by Crippen LogP contribution is -2.45. The van der Waals surface area contributed by atoms with Crippen LogP contribution >= 0.6 is 11.6 Å². The van der Waals surface area contributed by atoms with Crippen molar-refractivity contribution < 1.29 is 19.1 Å². The molecule has 1 atom stereocenters. The number of amides is 3. The summed E-state index contributed by atoms with van der Waals surface area (Å²) in [6.45, 7) is 2.09. The van der Waals surface area contributed by atoms with Crippen molar-refractivity contribution in [2.75, 3.05) is 36.9 Å². The lowest BCUT2D eigenvalue weighted by Gasteiger charge is -2.32. The molecule has 2 aromatic rings. The summed E-state index contributed by atoms with van der Waals surface area (Å²) >= 11 is 6.34. The summed E-state index contributed by atoms with van der Waals surface area (Å²) in [5, 5.41) is 6.16. The third-order valence-corrected chi connectivity index (χ3v) is 5.51. The van der Waals surface area contributed by atoms with Gasteiger partial charge in [-0.15, -0.1) is 0 Å². The van der Waals surface area contributed by atoms with Crippen molar-refractivity contribution in [2.45, 2.75) is 19.3 Å². The second-order valence-corrected chi connectivity index (χ2v) is 7.81. The molecule has 7 nitrogen and oxygen atoms in total. The fraction of sp³-hybridized carbons (Fsp3) is 0.364. The molecule has 2 aliphatic rings. The van der Waals surface area contributed by atoms with Gasteiger partial charge in [-0.25, -0.2) is 4.79 Å². The fourth-order valence-corrected chi connectivity index (χ4v) is 3.82. The van der Waals surface area contributed by atoms with Crippen molar-refractivity contribution >= 4 is 34.9 Å². The van der Waals surface area contributed by atoms with Crippen molar-refractivity contribution in [3.8, 4) is 11.5 Å². The molecule has 158 valence electrons. The number of carbonyl (C=O) groups excluding carboxylic acids is 2. The number of benzene rings is 2. The standard InChI is InChI=1S/C22H24ClN3O4/c23-17-12-19-20(30-11-5-10-29-19)13-18(17)25-21(27)15-6-4-9-26(14-15)22(28)24-16-7-2-1-3-8-16/h1-3,7-8,12-13,15H,4-6,9-11,14H2,(H,24,28)(H,25,27)/t15-/m1/s1. The van der Waals surface area contributed by atoms with Crippen LogP contribution in [-0.2, 0) is 4.79 Å². The first-order valence-corrected chi connectivity index (χ1v) is 10.5. The normalized spacial score (nSPS) is 18.3. The minimum Gasteiger partial charge on any atom is -0.490 e. The lowest BCUT2D eigenvalue weighted by atomic mass is 9.97. The van der Waals surface area contributed by atoms with Crippen molar-refractivity contribution in [2.24, 2.45) is 5.92 Å². The summed E-state index contributed by atoms with van der Waals surface area (Å²) in [6, 6.07) is 12.4. The molecule has 2 heterocycles. The van der Waals surface area contributed by atoms with Gasteiger partial charge in [0.1, 0.15) is 0 Å². The Kier molecular flexibility index (Phi) is 6.28. The van der Waals surface area contributed by atoms with Crippen LogP contribution in [0.2, 0.25) is 5.02 Å². The predicted molar refractivity (Wildman–Crippen MR) is 115 cm³/mol. The molecule has 0 bridgehead atoms. The molecule has 0 aliphatic carbocycles. The Morgan fingerprint density at radius 1 is 1.00 bits per heavy atom. The first-order chi connectivity index (χ1) is 14.6. The van der Waals surface area contributed by atoms with Gasteiger partial charge in [-0.2, -0.15) is 0 Å². The number of urea groups is 1. The zero-order valence-corrected chi connectivity index (χ0v) is 17.3. The largest absolute Gasteiger partial charge is 0.490 e. The lowest BCUT2D eigenvalue weighted by molar-refractivity contribution is -0.121. The van der Waals surface area contributed by atoms with E-state index >= 15 is 0 Å². The topological polar surface area (TPSA) is 79.9 Å². The van der Waals surface area contributed by atoms with E-state index in [1.54, 1.807) is 17.0 Å². The van der Waals surface area contributed by atoms with Gasteiger partial charge in [0.2, 0.25) is 5.91 Å². The molecule has 1 fully saturated rings. The number of nitrogens with zero attached hydrogens (tertiary/aromatic N) is 1. The van der Waals surface area contributed by atoms with E-state index in [1.165, 1.54) is 0 Å². The number of para-hydroxylation sites is 1. The number of hydrogen-bond acceptors (Lipinski definition) is 4. The highest BCUT2D eigenvalue weighted by Crippen LogP contribution is 2.38. The summed E-state index contributed by atoms with van der Waals surface area (Å²) in [6.07, 6.45) is 2.26. The molecule has 2 aliphatic heterocycles. The first-order valence-electron chi connectivity index (χ1n) is 10.1. The Bertz CT molecular complexity index is 922. The second-order valence-electron chi connectivity index (χ2n) is 7.40. The number of anilines is 2. The number of halogens is 1. The van der Waals surface area contributed by atoms with E-state index in [4.69, 9.17) is 21.1 Å². The van der Waals surface area contributed by atoms with Crippen LogP contribution in [-0.4, -0.2) is 43.1 Å². The van der Waals surface area contributed by atoms with Crippen LogP contribution in [0, 0.1) is 5.92 Å². The number of likely N-dealkylation sites (tertiary alicyclic amines) is 1. The van der Waals surface area contributed by atoms with Crippen LogP contribution in [0.15, 0.2) is 42.5 Å². The molecule has 0 saturated carbocycles. The molecule has 3 amide bonds. The zero-order valence-electron chi connectivity index (χ0n) is 16.5. The van der Waals surface area contributed by atoms with E-state index in [-0.39, 0.29) is 17.9 Å². The third kappa shape index (κ3) is 4.79. The van der Waals surface area contributed by atoms with Crippen LogP contribution < -0.4 is 20.1 Å². The van der Waals surface area contributed by atoms with Crippen molar-refractivity contribution in [1.82, 2.24) is 4.90 Å². The Morgan fingerprint density at radius 2 is 1.73 bits per heavy atom. The number of rotatable bonds is 3. The van der Waals surface area contributed by atoms with Gasteiger partial charge in [-0.3, -0.25) is 4.79 Å². The quantitative estimate of drug-likeness (QED) is 0.758. The minimum absolute atomic E-state index is 0.163. The Morgan fingerprint density at radius 3 is 2.50 bits per heavy atom. The van der Waals surface area contributed by atoms with E-state index in [0.29, 0.717) is 54.9 Å². The van der Waals surface area contributed by atoms with Crippen molar-refractivity contribution in [3.63, 3.8) is 0 Å². The summed E-state index contributed by atoms with van der Waals surface area (Å²) in [7, 11) is 0. The maximum atomic E-state index is 12.9. The summed E-state index contributed by atoms with van der Waals surface area (Å²) < 4.78 is 11.3. The molecule has 4 rings (SSSR count). The van der Waals surface area contributed by atoms with Crippen LogP contribution in [0.4, 0.5) is 16.2 Å². The predicted octanol–water partition coefficient (Wildman–Crippen LogP) is 4.38. The van der Waals surface area contributed by atoms with Gasteiger partial charge in [0.25, 0.3) is 0 Å². The molecule has 30 heavy (non-hydrogen) atoms. The van der Waals surface area contributed by atoms with Crippen molar-refractivity contribution in [1.29, 1.82) is 0 Å². The summed E-state index contributed by atoms with van der Waals surface area (Å²) in [5.41, 5.74) is 1.21. The fourth-order valence-electron chi connectivity index (χ4n) is 3.61. The monoisotopic (exact) mass is 429 g/mol. The molecule has 2 N–H and O–H groups in total. The van der Waals surface area contributed by atoms with Gasteiger partial charge in [0, 0.05) is 37.3 Å². The molecule has 0 unspecified atom stereocenters. The third-order valence-electron chi connectivity index (χ3n) is 5.20. The van der Waals surface area contributed by atoms with E-state index in [1.807, 2.05) is 30.3 Å². The smallest absolute Gasteiger partial charge is 0.321 e. The molecule has 2 aromatic carbocycles. The zero-order chi connectivity index (χ0) is 20.9. The number of nitrogens with one attached hydrogen (secondary N) is 2. The first kappa shape index (κ1) is 20.3. The maximum Gasteiger partial charge on any atom is 0.321 e. The average Bonchev–Trinajstić information content (AvgIpc) is 2.99. The van der Waals surface area contributed by atoms with Gasteiger partial charge in [0.15, 0.2) is 11.5 Å². The number of piperidine rings is 1. The molecule has 1 saturated heterocycles. The highest BCUT2D eigenvalue weighted by Gasteiger charge is 2.29. The Labute approximate surface area is 180 Å². The van der Waals surface area contributed by atoms with Gasteiger partial charge in [0.05, 0.1) is 29.8 Å². The number of fused-ring (bicyclic) bond motifs is 1. The number of carbonyl (C=O) groups is 2. The van der Waals surface area contributed by atoms with E-state index in [0.717, 1.165) is 18.5 Å².